The normalized spacial score (nSPS) is 10.5. The molecule has 0 fully saturated rings. The van der Waals surface area contributed by atoms with E-state index in [-0.39, 0.29) is 24.8 Å². The molecular formula is C21H31ClO4. The van der Waals surface area contributed by atoms with Crippen molar-refractivity contribution in [3.8, 4) is 0 Å². The Bertz CT molecular complexity index is 530. The van der Waals surface area contributed by atoms with Gasteiger partial charge in [-0.15, -0.1) is 0 Å². The van der Waals surface area contributed by atoms with Crippen LogP contribution in [0.4, 0.5) is 0 Å². The average Bonchev–Trinajstić information content (AvgIpc) is 2.62. The molecule has 0 N–H and O–H groups in total. The van der Waals surface area contributed by atoms with Gasteiger partial charge < -0.3 is 9.47 Å². The SMILES string of the molecule is CCCCCCCCOC(=O)CCCC(=O)OCCc1ccccc1Cl. The molecular weight excluding hydrogens is 352 g/mol. The molecule has 0 aliphatic rings. The largest absolute Gasteiger partial charge is 0.466 e. The van der Waals surface area contributed by atoms with E-state index in [2.05, 4.69) is 6.92 Å². The predicted octanol–water partition coefficient (Wildman–Crippen LogP) is 5.50. The van der Waals surface area contributed by atoms with Gasteiger partial charge in [0.15, 0.2) is 0 Å². The van der Waals surface area contributed by atoms with E-state index in [9.17, 15) is 9.59 Å². The van der Waals surface area contributed by atoms with Crippen LogP contribution in [-0.4, -0.2) is 25.2 Å². The third-order valence-electron chi connectivity index (χ3n) is 4.12. The van der Waals surface area contributed by atoms with Gasteiger partial charge in [0.2, 0.25) is 0 Å². The third kappa shape index (κ3) is 11.1. The van der Waals surface area contributed by atoms with Gasteiger partial charge in [-0.3, -0.25) is 9.59 Å². The quantitative estimate of drug-likeness (QED) is 0.315. The Kier molecular flexibility index (Phi) is 12.6. The van der Waals surface area contributed by atoms with Crippen LogP contribution in [0.25, 0.3) is 0 Å². The van der Waals surface area contributed by atoms with Crippen molar-refractivity contribution in [1.82, 2.24) is 0 Å². The lowest BCUT2D eigenvalue weighted by atomic mass is 10.1. The zero-order valence-electron chi connectivity index (χ0n) is 15.8. The molecule has 1 aromatic rings. The second-order valence-electron chi connectivity index (χ2n) is 6.40. The van der Waals surface area contributed by atoms with E-state index in [0.29, 0.717) is 31.1 Å². The lowest BCUT2D eigenvalue weighted by Crippen LogP contribution is -2.10. The molecule has 146 valence electrons. The Hall–Kier alpha value is -1.55. The number of halogens is 1. The van der Waals surface area contributed by atoms with Crippen molar-refractivity contribution in [2.75, 3.05) is 13.2 Å². The maximum atomic E-state index is 11.7. The second kappa shape index (κ2) is 14.6. The molecule has 0 aliphatic carbocycles. The lowest BCUT2D eigenvalue weighted by molar-refractivity contribution is -0.145. The highest BCUT2D eigenvalue weighted by molar-refractivity contribution is 6.31. The van der Waals surface area contributed by atoms with Crippen LogP contribution in [-0.2, 0) is 25.5 Å². The van der Waals surface area contributed by atoms with Gasteiger partial charge in [0, 0.05) is 24.3 Å². The summed E-state index contributed by atoms with van der Waals surface area (Å²) >= 11 is 6.05. The molecule has 0 spiro atoms. The molecule has 0 atom stereocenters. The topological polar surface area (TPSA) is 52.6 Å². The summed E-state index contributed by atoms with van der Waals surface area (Å²) in [4.78, 5) is 23.3. The van der Waals surface area contributed by atoms with E-state index < -0.39 is 0 Å². The van der Waals surface area contributed by atoms with Gasteiger partial charge in [-0.2, -0.15) is 0 Å². The molecule has 0 amide bonds. The zero-order valence-corrected chi connectivity index (χ0v) is 16.6. The number of unbranched alkanes of at least 4 members (excludes halogenated alkanes) is 5. The second-order valence-corrected chi connectivity index (χ2v) is 6.81. The molecule has 26 heavy (non-hydrogen) atoms. The first-order valence-electron chi connectivity index (χ1n) is 9.68. The van der Waals surface area contributed by atoms with Crippen LogP contribution in [0.5, 0.6) is 0 Å². The zero-order chi connectivity index (χ0) is 19.0. The van der Waals surface area contributed by atoms with Crippen LogP contribution >= 0.6 is 11.6 Å². The van der Waals surface area contributed by atoms with Crippen molar-refractivity contribution in [3.63, 3.8) is 0 Å². The van der Waals surface area contributed by atoms with Gasteiger partial charge in [0.25, 0.3) is 0 Å². The van der Waals surface area contributed by atoms with Crippen LogP contribution in [0.3, 0.4) is 0 Å². The first-order chi connectivity index (χ1) is 12.6. The predicted molar refractivity (Wildman–Crippen MR) is 104 cm³/mol. The molecule has 0 aliphatic heterocycles. The molecule has 0 heterocycles. The highest BCUT2D eigenvalue weighted by Crippen LogP contribution is 2.15. The van der Waals surface area contributed by atoms with Gasteiger partial charge in [0.05, 0.1) is 13.2 Å². The fourth-order valence-corrected chi connectivity index (χ4v) is 2.80. The fraction of sp³-hybridized carbons (Fsp3) is 0.619. The fourth-order valence-electron chi connectivity index (χ4n) is 2.57. The standard InChI is InChI=1S/C21H31ClO4/c1-2-3-4-5-6-9-16-25-20(23)13-10-14-21(24)26-17-15-18-11-7-8-12-19(18)22/h7-8,11-12H,2-6,9-10,13-17H2,1H3. The van der Waals surface area contributed by atoms with Gasteiger partial charge in [-0.25, -0.2) is 0 Å². The Labute approximate surface area is 162 Å². The maximum Gasteiger partial charge on any atom is 0.305 e. The number of rotatable bonds is 14. The number of ether oxygens (including phenoxy) is 2. The minimum atomic E-state index is -0.291. The summed E-state index contributed by atoms with van der Waals surface area (Å²) in [6.07, 6.45) is 8.51. The van der Waals surface area contributed by atoms with Gasteiger partial charge >= 0.3 is 11.9 Å². The van der Waals surface area contributed by atoms with Crippen molar-refractivity contribution in [1.29, 1.82) is 0 Å². The Balaban J connectivity index is 1.98. The van der Waals surface area contributed by atoms with Crippen LogP contribution in [0.15, 0.2) is 24.3 Å². The molecule has 4 nitrogen and oxygen atoms in total. The Morgan fingerprint density at radius 2 is 1.46 bits per heavy atom. The third-order valence-corrected chi connectivity index (χ3v) is 4.48. The summed E-state index contributed by atoms with van der Waals surface area (Å²) < 4.78 is 10.4. The van der Waals surface area contributed by atoms with Crippen LogP contribution in [0, 0.1) is 0 Å². The van der Waals surface area contributed by atoms with E-state index in [4.69, 9.17) is 21.1 Å². The number of hydrogen-bond donors (Lipinski definition) is 0. The summed E-state index contributed by atoms with van der Waals surface area (Å²) in [5.41, 5.74) is 0.959. The van der Waals surface area contributed by atoms with E-state index in [1.165, 1.54) is 25.7 Å². The summed E-state index contributed by atoms with van der Waals surface area (Å²) in [6, 6.07) is 7.49. The van der Waals surface area contributed by atoms with E-state index in [0.717, 1.165) is 18.4 Å². The molecule has 0 bridgehead atoms. The highest BCUT2D eigenvalue weighted by Gasteiger charge is 2.08. The smallest absolute Gasteiger partial charge is 0.305 e. The van der Waals surface area contributed by atoms with Crippen LogP contribution in [0.1, 0.15) is 70.3 Å². The first-order valence-corrected chi connectivity index (χ1v) is 10.1. The number of benzene rings is 1. The van der Waals surface area contributed by atoms with Gasteiger partial charge in [0.1, 0.15) is 0 Å². The van der Waals surface area contributed by atoms with E-state index in [1.807, 2.05) is 24.3 Å². The highest BCUT2D eigenvalue weighted by atomic mass is 35.5. The summed E-state index contributed by atoms with van der Waals surface area (Å²) in [7, 11) is 0. The molecule has 0 aromatic heterocycles. The summed E-state index contributed by atoms with van der Waals surface area (Å²) in [5, 5.41) is 0.677. The van der Waals surface area contributed by atoms with Crippen molar-refractivity contribution in [2.24, 2.45) is 0 Å². The lowest BCUT2D eigenvalue weighted by Gasteiger charge is -2.07. The molecule has 0 radical (unpaired) electrons. The van der Waals surface area contributed by atoms with Gasteiger partial charge in [-0.1, -0.05) is 68.8 Å². The van der Waals surface area contributed by atoms with Crippen molar-refractivity contribution in [3.05, 3.63) is 34.9 Å². The Morgan fingerprint density at radius 3 is 2.15 bits per heavy atom. The average molecular weight is 383 g/mol. The monoisotopic (exact) mass is 382 g/mol. The van der Waals surface area contributed by atoms with Crippen molar-refractivity contribution >= 4 is 23.5 Å². The molecule has 1 rings (SSSR count). The number of esters is 2. The molecule has 0 unspecified atom stereocenters. The number of carbonyl (C=O) groups is 2. The van der Waals surface area contributed by atoms with Gasteiger partial charge in [-0.05, 0) is 24.5 Å². The van der Waals surface area contributed by atoms with Crippen molar-refractivity contribution in [2.45, 2.75) is 71.1 Å². The van der Waals surface area contributed by atoms with E-state index >= 15 is 0 Å². The molecule has 5 heteroatoms. The molecule has 0 saturated heterocycles. The maximum absolute atomic E-state index is 11.7. The minimum Gasteiger partial charge on any atom is -0.466 e. The van der Waals surface area contributed by atoms with Crippen LogP contribution < -0.4 is 0 Å². The summed E-state index contributed by atoms with van der Waals surface area (Å²) in [5.74, 6) is -0.525. The number of hydrogen-bond acceptors (Lipinski definition) is 4. The molecule has 1 aromatic carbocycles. The van der Waals surface area contributed by atoms with Crippen molar-refractivity contribution < 1.29 is 19.1 Å². The van der Waals surface area contributed by atoms with Crippen LogP contribution in [0.2, 0.25) is 5.02 Å². The first kappa shape index (κ1) is 22.5. The summed E-state index contributed by atoms with van der Waals surface area (Å²) in [6.45, 7) is 2.97. The molecule has 0 saturated carbocycles. The number of carbonyl (C=O) groups excluding carboxylic acids is 2. The Morgan fingerprint density at radius 1 is 0.846 bits per heavy atom. The van der Waals surface area contributed by atoms with E-state index in [1.54, 1.807) is 0 Å². The minimum absolute atomic E-state index is 0.231.